The monoisotopic (exact) mass is 370 g/mol. The molecule has 0 unspecified atom stereocenters. The van der Waals surface area contributed by atoms with Gasteiger partial charge in [-0.2, -0.15) is 0 Å². The number of aromatic nitrogens is 1. The zero-order chi connectivity index (χ0) is 16.1. The third-order valence-corrected chi connectivity index (χ3v) is 4.52. The molecule has 0 fully saturated rings. The highest BCUT2D eigenvalue weighted by molar-refractivity contribution is 9.10. The van der Waals surface area contributed by atoms with Crippen LogP contribution in [0.15, 0.2) is 56.3 Å². The van der Waals surface area contributed by atoms with Gasteiger partial charge in [-0.3, -0.25) is 14.6 Å². The van der Waals surface area contributed by atoms with Crippen LogP contribution >= 0.6 is 15.9 Å². The Bertz CT molecular complexity index is 998. The first-order chi connectivity index (χ1) is 11.1. The minimum absolute atomic E-state index is 0.1000. The second kappa shape index (κ2) is 5.03. The highest BCUT2D eigenvalue weighted by Gasteiger charge is 2.41. The Morgan fingerprint density at radius 1 is 1.22 bits per heavy atom. The van der Waals surface area contributed by atoms with Gasteiger partial charge in [0.2, 0.25) is 5.76 Å². The number of rotatable bonds is 1. The van der Waals surface area contributed by atoms with E-state index in [4.69, 9.17) is 4.42 Å². The molecule has 5 nitrogen and oxygen atoms in total. The van der Waals surface area contributed by atoms with Gasteiger partial charge in [-0.15, -0.1) is 0 Å². The maximum Gasteiger partial charge on any atom is 0.290 e. The van der Waals surface area contributed by atoms with Crippen LogP contribution in [-0.2, 0) is 0 Å². The van der Waals surface area contributed by atoms with Crippen molar-refractivity contribution in [3.05, 3.63) is 74.3 Å². The molecule has 0 saturated heterocycles. The Labute approximate surface area is 139 Å². The number of benzene rings is 1. The average Bonchev–Trinajstić information content (AvgIpc) is 2.81. The van der Waals surface area contributed by atoms with Gasteiger partial charge in [-0.25, -0.2) is 0 Å². The largest absolute Gasteiger partial charge is 0.450 e. The number of carbonyl (C=O) groups is 1. The van der Waals surface area contributed by atoms with Gasteiger partial charge in [-0.1, -0.05) is 22.0 Å². The standard InChI is InChI=1S/C17H11BrN2O3/c1-20-14(11-4-2-3-7-19-11)13-15(21)10-8-9(18)5-6-12(10)23-16(13)17(20)22/h2-8,14H,1H3/t14-/m0/s1. The molecule has 0 saturated carbocycles. The number of nitrogens with zero attached hydrogens (tertiary/aromatic N) is 2. The van der Waals surface area contributed by atoms with Gasteiger partial charge in [0.15, 0.2) is 5.43 Å². The van der Waals surface area contributed by atoms with Crippen LogP contribution in [0.3, 0.4) is 0 Å². The van der Waals surface area contributed by atoms with E-state index in [0.29, 0.717) is 22.2 Å². The smallest absolute Gasteiger partial charge is 0.290 e. The number of carbonyl (C=O) groups excluding carboxylic acids is 1. The number of halogens is 1. The fraction of sp³-hybridized carbons (Fsp3) is 0.118. The summed E-state index contributed by atoms with van der Waals surface area (Å²) in [5, 5.41) is 0.446. The molecule has 0 radical (unpaired) electrons. The quantitative estimate of drug-likeness (QED) is 0.660. The summed E-state index contributed by atoms with van der Waals surface area (Å²) in [5.41, 5.74) is 1.20. The molecule has 3 heterocycles. The maximum absolute atomic E-state index is 13.0. The number of amides is 1. The van der Waals surface area contributed by atoms with Crippen LogP contribution in [0.1, 0.15) is 27.9 Å². The fourth-order valence-corrected chi connectivity index (χ4v) is 3.31. The number of pyridine rings is 1. The molecule has 0 N–H and O–H groups in total. The van der Waals surface area contributed by atoms with Crippen LogP contribution in [0.5, 0.6) is 0 Å². The zero-order valence-corrected chi connectivity index (χ0v) is 13.7. The summed E-state index contributed by atoms with van der Waals surface area (Å²) < 4.78 is 6.52. The summed E-state index contributed by atoms with van der Waals surface area (Å²) in [6, 6.07) is 10.1. The highest BCUT2D eigenvalue weighted by Crippen LogP contribution is 2.36. The molecule has 4 rings (SSSR count). The van der Waals surface area contributed by atoms with Crippen LogP contribution in [-0.4, -0.2) is 22.8 Å². The second-order valence-corrected chi connectivity index (χ2v) is 6.30. The molecule has 0 aliphatic carbocycles. The average molecular weight is 371 g/mol. The maximum atomic E-state index is 13.0. The van der Waals surface area contributed by atoms with Crippen LogP contribution < -0.4 is 5.43 Å². The van der Waals surface area contributed by atoms with Gasteiger partial charge < -0.3 is 9.32 Å². The van der Waals surface area contributed by atoms with E-state index in [9.17, 15) is 9.59 Å². The molecule has 1 aliphatic heterocycles. The Hall–Kier alpha value is -2.47. The Morgan fingerprint density at radius 2 is 2.04 bits per heavy atom. The summed E-state index contributed by atoms with van der Waals surface area (Å²) in [6.07, 6.45) is 1.64. The molecule has 3 aromatic rings. The van der Waals surface area contributed by atoms with Crippen molar-refractivity contribution in [3.8, 4) is 0 Å². The van der Waals surface area contributed by atoms with Gasteiger partial charge in [-0.05, 0) is 30.3 Å². The minimum Gasteiger partial charge on any atom is -0.450 e. The van der Waals surface area contributed by atoms with E-state index in [1.165, 1.54) is 4.90 Å². The summed E-state index contributed by atoms with van der Waals surface area (Å²) >= 11 is 3.36. The summed E-state index contributed by atoms with van der Waals surface area (Å²) in [4.78, 5) is 31.3. The summed E-state index contributed by atoms with van der Waals surface area (Å²) in [7, 11) is 1.65. The van der Waals surface area contributed by atoms with Gasteiger partial charge in [0.1, 0.15) is 11.6 Å². The molecule has 1 aromatic carbocycles. The van der Waals surface area contributed by atoms with Crippen molar-refractivity contribution in [2.24, 2.45) is 0 Å². The second-order valence-electron chi connectivity index (χ2n) is 5.39. The lowest BCUT2D eigenvalue weighted by molar-refractivity contribution is 0.0769. The van der Waals surface area contributed by atoms with Crippen molar-refractivity contribution in [2.45, 2.75) is 6.04 Å². The Kier molecular flexibility index (Phi) is 3.09. The van der Waals surface area contributed by atoms with Crippen LogP contribution in [0.4, 0.5) is 0 Å². The number of hydrogen-bond acceptors (Lipinski definition) is 4. The van der Waals surface area contributed by atoms with Gasteiger partial charge in [0.05, 0.1) is 16.6 Å². The molecule has 1 atom stereocenters. The van der Waals surface area contributed by atoms with E-state index in [-0.39, 0.29) is 17.1 Å². The first-order valence-electron chi connectivity index (χ1n) is 7.02. The molecule has 0 bridgehead atoms. The lowest BCUT2D eigenvalue weighted by Crippen LogP contribution is -2.25. The molecule has 0 spiro atoms. The van der Waals surface area contributed by atoms with E-state index in [0.717, 1.165) is 4.47 Å². The molecule has 23 heavy (non-hydrogen) atoms. The van der Waals surface area contributed by atoms with Crippen molar-refractivity contribution in [3.63, 3.8) is 0 Å². The van der Waals surface area contributed by atoms with Crippen LogP contribution in [0.25, 0.3) is 11.0 Å². The van der Waals surface area contributed by atoms with Crippen LogP contribution in [0, 0.1) is 0 Å². The van der Waals surface area contributed by atoms with Gasteiger partial charge in [0, 0.05) is 17.7 Å². The molecule has 1 amide bonds. The molecular formula is C17H11BrN2O3. The predicted molar refractivity (Wildman–Crippen MR) is 88.4 cm³/mol. The lowest BCUT2D eigenvalue weighted by atomic mass is 10.0. The molecule has 114 valence electrons. The molecular weight excluding hydrogens is 360 g/mol. The van der Waals surface area contributed by atoms with Gasteiger partial charge in [0.25, 0.3) is 5.91 Å². The fourth-order valence-electron chi connectivity index (χ4n) is 2.94. The van der Waals surface area contributed by atoms with Crippen molar-refractivity contribution in [2.75, 3.05) is 7.05 Å². The third kappa shape index (κ3) is 2.02. The molecule has 1 aliphatic rings. The van der Waals surface area contributed by atoms with E-state index >= 15 is 0 Å². The van der Waals surface area contributed by atoms with E-state index < -0.39 is 6.04 Å². The summed E-state index contributed by atoms with van der Waals surface area (Å²) in [5.74, 6) is -0.208. The lowest BCUT2D eigenvalue weighted by Gasteiger charge is -2.18. The summed E-state index contributed by atoms with van der Waals surface area (Å²) in [6.45, 7) is 0. The normalized spacial score (nSPS) is 16.9. The van der Waals surface area contributed by atoms with Crippen LogP contribution in [0.2, 0.25) is 0 Å². The van der Waals surface area contributed by atoms with E-state index in [2.05, 4.69) is 20.9 Å². The van der Waals surface area contributed by atoms with Crippen molar-refractivity contribution < 1.29 is 9.21 Å². The predicted octanol–water partition coefficient (Wildman–Crippen LogP) is 3.13. The third-order valence-electron chi connectivity index (χ3n) is 4.03. The topological polar surface area (TPSA) is 63.4 Å². The van der Waals surface area contributed by atoms with Crippen molar-refractivity contribution in [1.82, 2.24) is 9.88 Å². The van der Waals surface area contributed by atoms with E-state index in [1.54, 1.807) is 43.6 Å². The minimum atomic E-state index is -0.529. The van der Waals surface area contributed by atoms with Gasteiger partial charge >= 0.3 is 0 Å². The van der Waals surface area contributed by atoms with E-state index in [1.807, 2.05) is 6.07 Å². The zero-order valence-electron chi connectivity index (χ0n) is 12.1. The number of hydrogen-bond donors (Lipinski definition) is 0. The number of fused-ring (bicyclic) bond motifs is 2. The van der Waals surface area contributed by atoms with Crippen molar-refractivity contribution in [1.29, 1.82) is 0 Å². The highest BCUT2D eigenvalue weighted by atomic mass is 79.9. The SMILES string of the molecule is CN1C(=O)c2oc3ccc(Br)cc3c(=O)c2[C@@H]1c1ccccn1. The van der Waals surface area contributed by atoms with Crippen molar-refractivity contribution >= 4 is 32.8 Å². The first kappa shape index (κ1) is 14.1. The molecule has 2 aromatic heterocycles. The Balaban J connectivity index is 2.06. The Morgan fingerprint density at radius 3 is 2.78 bits per heavy atom. The first-order valence-corrected chi connectivity index (χ1v) is 7.81. The molecule has 6 heteroatoms.